The molecule has 2 amide bonds. The van der Waals surface area contributed by atoms with E-state index in [1.54, 1.807) is 66.4 Å². The zero-order valence-corrected chi connectivity index (χ0v) is 20.0. The highest BCUT2D eigenvalue weighted by molar-refractivity contribution is 6.06. The summed E-state index contributed by atoms with van der Waals surface area (Å²) in [4.78, 5) is 25.7. The smallest absolute Gasteiger partial charge is 0.272 e. The summed E-state index contributed by atoms with van der Waals surface area (Å²) in [5, 5.41) is 10.7. The number of hydrogen-bond donors (Lipinski definition) is 2. The van der Waals surface area contributed by atoms with E-state index >= 15 is 0 Å². The molecule has 2 aromatic heterocycles. The van der Waals surface area contributed by atoms with Crippen LogP contribution in [0.2, 0.25) is 0 Å². The van der Waals surface area contributed by atoms with Gasteiger partial charge in [0.2, 0.25) is 5.91 Å². The second kappa shape index (κ2) is 10.4. The fourth-order valence-corrected chi connectivity index (χ4v) is 4.10. The molecule has 186 valence electrons. The molecule has 0 unspecified atom stereocenters. The quantitative estimate of drug-likeness (QED) is 0.318. The van der Waals surface area contributed by atoms with Crippen LogP contribution in [0.1, 0.15) is 16.1 Å². The molecule has 8 nitrogen and oxygen atoms in total. The van der Waals surface area contributed by atoms with Gasteiger partial charge in [0, 0.05) is 28.4 Å². The van der Waals surface area contributed by atoms with Crippen LogP contribution in [0.3, 0.4) is 0 Å². The fraction of sp³-hybridized carbons (Fsp3) is 0.107. The number of rotatable bonds is 8. The SMILES string of the molecule is COc1ccc(NC(=O)Cn2cc(NC(=O)c3cc4ccccc4n3Cc3ccccc3F)cn2)cc1. The summed E-state index contributed by atoms with van der Waals surface area (Å²) in [6.07, 6.45) is 3.05. The largest absolute Gasteiger partial charge is 0.497 e. The monoisotopic (exact) mass is 497 g/mol. The number of hydrogen-bond acceptors (Lipinski definition) is 4. The number of para-hydroxylation sites is 1. The highest BCUT2D eigenvalue weighted by atomic mass is 19.1. The molecule has 2 heterocycles. The van der Waals surface area contributed by atoms with Crippen molar-refractivity contribution in [1.29, 1.82) is 0 Å². The van der Waals surface area contributed by atoms with Crippen LogP contribution in [0.4, 0.5) is 15.8 Å². The number of ether oxygens (including phenoxy) is 1. The van der Waals surface area contributed by atoms with Gasteiger partial charge in [0.05, 0.1) is 25.5 Å². The van der Waals surface area contributed by atoms with Gasteiger partial charge in [-0.15, -0.1) is 0 Å². The van der Waals surface area contributed by atoms with Crippen molar-refractivity contribution < 1.29 is 18.7 Å². The molecule has 0 atom stereocenters. The number of methoxy groups -OCH3 is 1. The summed E-state index contributed by atoms with van der Waals surface area (Å²) in [7, 11) is 1.57. The van der Waals surface area contributed by atoms with Gasteiger partial charge >= 0.3 is 0 Å². The van der Waals surface area contributed by atoms with E-state index in [4.69, 9.17) is 4.74 Å². The maximum absolute atomic E-state index is 14.4. The summed E-state index contributed by atoms with van der Waals surface area (Å²) < 4.78 is 22.7. The molecule has 0 radical (unpaired) electrons. The minimum atomic E-state index is -0.366. The van der Waals surface area contributed by atoms with Crippen molar-refractivity contribution in [2.75, 3.05) is 17.7 Å². The van der Waals surface area contributed by atoms with E-state index in [-0.39, 0.29) is 30.7 Å². The van der Waals surface area contributed by atoms with Gasteiger partial charge in [0.25, 0.3) is 5.91 Å². The normalized spacial score (nSPS) is 10.9. The van der Waals surface area contributed by atoms with E-state index in [2.05, 4.69) is 15.7 Å². The Bertz CT molecular complexity index is 1570. The predicted octanol–water partition coefficient (Wildman–Crippen LogP) is 4.92. The molecule has 0 aliphatic carbocycles. The third-order valence-electron chi connectivity index (χ3n) is 5.90. The van der Waals surface area contributed by atoms with Crippen LogP contribution in [-0.2, 0) is 17.9 Å². The van der Waals surface area contributed by atoms with E-state index in [1.165, 1.54) is 16.9 Å². The van der Waals surface area contributed by atoms with Crippen LogP contribution in [0.5, 0.6) is 5.75 Å². The first-order chi connectivity index (χ1) is 18.0. The average molecular weight is 498 g/mol. The minimum absolute atomic E-state index is 0.0323. The third-order valence-corrected chi connectivity index (χ3v) is 5.90. The Morgan fingerprint density at radius 3 is 2.49 bits per heavy atom. The van der Waals surface area contributed by atoms with Crippen LogP contribution in [0, 0.1) is 5.82 Å². The number of halogens is 1. The number of nitrogens with zero attached hydrogens (tertiary/aromatic N) is 3. The number of carbonyl (C=O) groups is 2. The van der Waals surface area contributed by atoms with Crippen molar-refractivity contribution in [3.8, 4) is 5.75 Å². The number of aromatic nitrogens is 3. The first-order valence-electron chi connectivity index (χ1n) is 11.6. The maximum atomic E-state index is 14.4. The highest BCUT2D eigenvalue weighted by Crippen LogP contribution is 2.23. The van der Waals surface area contributed by atoms with Crippen molar-refractivity contribution in [2.24, 2.45) is 0 Å². The third kappa shape index (κ3) is 5.35. The van der Waals surface area contributed by atoms with Gasteiger partial charge in [0.1, 0.15) is 23.8 Å². The number of amides is 2. The van der Waals surface area contributed by atoms with Crippen LogP contribution >= 0.6 is 0 Å². The second-order valence-corrected chi connectivity index (χ2v) is 8.42. The lowest BCUT2D eigenvalue weighted by molar-refractivity contribution is -0.116. The van der Waals surface area contributed by atoms with Crippen LogP contribution in [0.25, 0.3) is 10.9 Å². The van der Waals surface area contributed by atoms with Gasteiger partial charge < -0.3 is 19.9 Å². The molecule has 0 spiro atoms. The summed E-state index contributed by atoms with van der Waals surface area (Å²) in [5.41, 5.74) is 2.75. The zero-order chi connectivity index (χ0) is 25.8. The molecule has 0 aliphatic heterocycles. The van der Waals surface area contributed by atoms with Crippen LogP contribution in [-0.4, -0.2) is 33.3 Å². The number of anilines is 2. The summed E-state index contributed by atoms with van der Waals surface area (Å²) in [6.45, 7) is 0.170. The predicted molar refractivity (Wildman–Crippen MR) is 139 cm³/mol. The highest BCUT2D eigenvalue weighted by Gasteiger charge is 2.18. The molecule has 5 rings (SSSR count). The Hall–Kier alpha value is -4.92. The number of carbonyl (C=O) groups excluding carboxylic acids is 2. The van der Waals surface area contributed by atoms with Crippen LogP contribution < -0.4 is 15.4 Å². The Kier molecular flexibility index (Phi) is 6.67. The van der Waals surface area contributed by atoms with Gasteiger partial charge in [-0.25, -0.2) is 4.39 Å². The Labute approximate surface area is 212 Å². The van der Waals surface area contributed by atoms with Gasteiger partial charge in [-0.05, 0) is 42.5 Å². The molecule has 0 saturated carbocycles. The van der Waals surface area contributed by atoms with Crippen molar-refractivity contribution in [1.82, 2.24) is 14.3 Å². The summed E-state index contributed by atoms with van der Waals surface area (Å²) >= 11 is 0. The molecule has 3 aromatic carbocycles. The maximum Gasteiger partial charge on any atom is 0.272 e. The standard InChI is InChI=1S/C28H24FN5O3/c1-37-23-12-10-21(11-13-23)31-27(35)18-33-17-22(15-30-33)32-28(36)26-14-19-6-3-5-9-25(19)34(26)16-20-7-2-4-8-24(20)29/h2-15,17H,16,18H2,1H3,(H,31,35)(H,32,36). The molecule has 2 N–H and O–H groups in total. The first-order valence-corrected chi connectivity index (χ1v) is 11.6. The van der Waals surface area contributed by atoms with Crippen molar-refractivity contribution in [3.05, 3.63) is 108 Å². The lowest BCUT2D eigenvalue weighted by Gasteiger charge is -2.11. The lowest BCUT2D eigenvalue weighted by Crippen LogP contribution is -2.19. The van der Waals surface area contributed by atoms with E-state index in [0.29, 0.717) is 28.4 Å². The van der Waals surface area contributed by atoms with E-state index < -0.39 is 0 Å². The minimum Gasteiger partial charge on any atom is -0.497 e. The van der Waals surface area contributed by atoms with Gasteiger partial charge in [-0.3, -0.25) is 14.3 Å². The Morgan fingerprint density at radius 2 is 1.70 bits per heavy atom. The summed E-state index contributed by atoms with van der Waals surface area (Å²) in [5.74, 6) is -0.273. The van der Waals surface area contributed by atoms with E-state index in [9.17, 15) is 14.0 Å². The second-order valence-electron chi connectivity index (χ2n) is 8.42. The number of fused-ring (bicyclic) bond motifs is 1. The van der Waals surface area contributed by atoms with Gasteiger partial charge in [-0.2, -0.15) is 5.10 Å². The Balaban J connectivity index is 1.30. The summed E-state index contributed by atoms with van der Waals surface area (Å²) in [6, 6.07) is 22.8. The number of nitrogens with one attached hydrogen (secondary N) is 2. The molecule has 0 aliphatic rings. The van der Waals surface area contributed by atoms with Crippen molar-refractivity contribution >= 4 is 34.1 Å². The molecular formula is C28H24FN5O3. The first kappa shape index (κ1) is 23.8. The number of benzene rings is 3. The Morgan fingerprint density at radius 1 is 0.946 bits per heavy atom. The topological polar surface area (TPSA) is 90.2 Å². The molecule has 0 bridgehead atoms. The molecule has 37 heavy (non-hydrogen) atoms. The van der Waals surface area contributed by atoms with Crippen molar-refractivity contribution in [2.45, 2.75) is 13.1 Å². The lowest BCUT2D eigenvalue weighted by atomic mass is 10.2. The van der Waals surface area contributed by atoms with E-state index in [0.717, 1.165) is 10.9 Å². The zero-order valence-electron chi connectivity index (χ0n) is 20.0. The van der Waals surface area contributed by atoms with E-state index in [1.807, 2.05) is 24.3 Å². The van der Waals surface area contributed by atoms with Crippen molar-refractivity contribution in [3.63, 3.8) is 0 Å². The molecule has 0 fully saturated rings. The van der Waals surface area contributed by atoms with Gasteiger partial charge in [0.15, 0.2) is 0 Å². The molecule has 0 saturated heterocycles. The molecule has 9 heteroatoms. The fourth-order valence-electron chi connectivity index (χ4n) is 4.10. The molecular weight excluding hydrogens is 473 g/mol. The molecule has 5 aromatic rings. The van der Waals surface area contributed by atoms with Crippen LogP contribution in [0.15, 0.2) is 91.3 Å². The van der Waals surface area contributed by atoms with Gasteiger partial charge in [-0.1, -0.05) is 36.4 Å². The average Bonchev–Trinajstić information content (AvgIpc) is 3.50.